The quantitative estimate of drug-likeness (QED) is 0.519. The van der Waals surface area contributed by atoms with Crippen LogP contribution in [0.25, 0.3) is 10.8 Å². The molecule has 2 aromatic rings. The second-order valence-electron chi connectivity index (χ2n) is 14.7. The smallest absolute Gasteiger partial charge is 0.243 e. The van der Waals surface area contributed by atoms with Gasteiger partial charge in [-0.05, 0) is 103 Å². The Morgan fingerprint density at radius 1 is 0.878 bits per heavy atom. The lowest BCUT2D eigenvalue weighted by molar-refractivity contribution is -0.157. The second-order valence-corrected chi connectivity index (χ2v) is 16.6. The number of piperazine rings is 1. The molecule has 6 nitrogen and oxygen atoms in total. The summed E-state index contributed by atoms with van der Waals surface area (Å²) in [6, 6.07) is 13.2. The summed E-state index contributed by atoms with van der Waals surface area (Å²) >= 11 is 0. The molecule has 222 valence electrons. The Morgan fingerprint density at radius 2 is 1.63 bits per heavy atom. The minimum absolute atomic E-state index is 0.0797. The Bertz CT molecular complexity index is 1450. The average Bonchev–Trinajstić information content (AvgIpc) is 3.27. The van der Waals surface area contributed by atoms with Gasteiger partial charge < -0.3 is 5.11 Å². The van der Waals surface area contributed by atoms with Gasteiger partial charge in [0.25, 0.3) is 0 Å². The van der Waals surface area contributed by atoms with Crippen molar-refractivity contribution < 1.29 is 18.3 Å². The fraction of sp³-hybridized carbons (Fsp3) is 0.676. The molecule has 0 aromatic heterocycles. The first kappa shape index (κ1) is 28.0. The molecule has 41 heavy (non-hydrogen) atoms. The molecule has 7 atom stereocenters. The van der Waals surface area contributed by atoms with Gasteiger partial charge in [-0.1, -0.05) is 44.2 Å². The van der Waals surface area contributed by atoms with Crippen molar-refractivity contribution in [2.75, 3.05) is 32.7 Å². The Hall–Kier alpha value is -1.80. The number of β-amino-alcohol motifs (C(OH)–C–C–N with tert-alkyl or cyclic N) is 1. The van der Waals surface area contributed by atoms with Crippen molar-refractivity contribution in [1.29, 1.82) is 0 Å². The van der Waals surface area contributed by atoms with E-state index >= 15 is 0 Å². The third-order valence-corrected chi connectivity index (χ3v) is 14.6. The van der Waals surface area contributed by atoms with Crippen LogP contribution in [0.15, 0.2) is 47.4 Å². The molecule has 4 saturated carbocycles. The van der Waals surface area contributed by atoms with E-state index in [9.17, 15) is 18.3 Å². The number of nitrogens with zero attached hydrogens (tertiary/aromatic N) is 2. The largest absolute Gasteiger partial charge is 0.389 e. The van der Waals surface area contributed by atoms with Crippen molar-refractivity contribution >= 4 is 26.6 Å². The van der Waals surface area contributed by atoms with Gasteiger partial charge >= 0.3 is 0 Å². The van der Waals surface area contributed by atoms with Crippen LogP contribution in [-0.2, 0) is 14.8 Å². The van der Waals surface area contributed by atoms with Crippen molar-refractivity contribution in [1.82, 2.24) is 9.21 Å². The summed E-state index contributed by atoms with van der Waals surface area (Å²) in [5.41, 5.74) is -0.526. The fourth-order valence-electron chi connectivity index (χ4n) is 10.3. The highest BCUT2D eigenvalue weighted by molar-refractivity contribution is 7.89. The zero-order chi connectivity index (χ0) is 28.6. The van der Waals surface area contributed by atoms with E-state index in [2.05, 4.69) is 18.7 Å². The zero-order valence-corrected chi connectivity index (χ0v) is 25.5. The maximum Gasteiger partial charge on any atom is 0.243 e. The zero-order valence-electron chi connectivity index (χ0n) is 24.7. The van der Waals surface area contributed by atoms with Crippen molar-refractivity contribution in [3.63, 3.8) is 0 Å². The van der Waals surface area contributed by atoms with E-state index in [0.717, 1.165) is 49.3 Å². The highest BCUT2D eigenvalue weighted by Crippen LogP contribution is 2.66. The summed E-state index contributed by atoms with van der Waals surface area (Å²) in [5, 5.41) is 13.9. The van der Waals surface area contributed by atoms with Crippen LogP contribution in [-0.4, -0.2) is 66.8 Å². The predicted molar refractivity (Wildman–Crippen MR) is 161 cm³/mol. The SMILES string of the molecule is C[C@]12CC[C@](O)(CN3CCN(S(=O)(=O)c4ccc5ccccc5c4)CC3)C[C@@H]1CC[C@@H]1[C@@H]2CC[C@]2(C)C(=O)CC[C@@H]12. The summed E-state index contributed by atoms with van der Waals surface area (Å²) in [6.07, 6.45) is 9.19. The summed E-state index contributed by atoms with van der Waals surface area (Å²) in [5.74, 6) is 2.95. The number of carbonyl (C=O) groups is 1. The third-order valence-electron chi connectivity index (χ3n) is 12.7. The molecule has 7 rings (SSSR count). The Kier molecular flexibility index (Phi) is 6.74. The molecule has 0 amide bonds. The Morgan fingerprint density at radius 3 is 2.41 bits per heavy atom. The minimum Gasteiger partial charge on any atom is -0.389 e. The molecule has 0 bridgehead atoms. The van der Waals surface area contributed by atoms with Crippen LogP contribution in [0.2, 0.25) is 0 Å². The number of Topliss-reactive ketones (excluding diaryl/α,β-unsaturated/α-hetero) is 1. The van der Waals surface area contributed by atoms with Crippen LogP contribution in [0, 0.1) is 34.5 Å². The summed E-state index contributed by atoms with van der Waals surface area (Å²) in [6.45, 7) is 7.59. The van der Waals surface area contributed by atoms with Crippen molar-refractivity contribution in [3.8, 4) is 0 Å². The van der Waals surface area contributed by atoms with Crippen molar-refractivity contribution in [3.05, 3.63) is 42.5 Å². The summed E-state index contributed by atoms with van der Waals surface area (Å²) < 4.78 is 28.5. The van der Waals surface area contributed by atoms with Crippen LogP contribution in [0.3, 0.4) is 0 Å². The van der Waals surface area contributed by atoms with Gasteiger partial charge in [-0.25, -0.2) is 8.42 Å². The molecule has 5 fully saturated rings. The third kappa shape index (κ3) is 4.52. The highest BCUT2D eigenvalue weighted by atomic mass is 32.2. The highest BCUT2D eigenvalue weighted by Gasteiger charge is 2.61. The van der Waals surface area contributed by atoms with E-state index in [0.29, 0.717) is 67.1 Å². The molecule has 1 saturated heterocycles. The van der Waals surface area contributed by atoms with Gasteiger partial charge in [0.2, 0.25) is 10.0 Å². The lowest BCUT2D eigenvalue weighted by atomic mass is 9.44. The van der Waals surface area contributed by atoms with E-state index in [4.69, 9.17) is 0 Å². The number of ketones is 1. The number of rotatable bonds is 4. The molecule has 7 heteroatoms. The van der Waals surface area contributed by atoms with Crippen LogP contribution in [0.4, 0.5) is 0 Å². The van der Waals surface area contributed by atoms with Crippen molar-refractivity contribution in [2.45, 2.75) is 82.1 Å². The van der Waals surface area contributed by atoms with E-state index < -0.39 is 15.6 Å². The molecule has 1 N–H and O–H groups in total. The first-order chi connectivity index (χ1) is 19.5. The van der Waals surface area contributed by atoms with Crippen LogP contribution < -0.4 is 0 Å². The maximum atomic E-state index is 13.4. The number of carbonyl (C=O) groups excluding carboxylic acids is 1. The predicted octanol–water partition coefficient (Wildman–Crippen LogP) is 5.49. The van der Waals surface area contributed by atoms with Crippen LogP contribution in [0.5, 0.6) is 0 Å². The summed E-state index contributed by atoms with van der Waals surface area (Å²) in [7, 11) is -3.55. The normalized spacial score (nSPS) is 40.2. The van der Waals surface area contributed by atoms with Gasteiger partial charge in [-0.3, -0.25) is 9.69 Å². The van der Waals surface area contributed by atoms with Gasteiger partial charge in [-0.2, -0.15) is 4.31 Å². The van der Waals surface area contributed by atoms with Gasteiger partial charge in [0.15, 0.2) is 0 Å². The molecule has 5 aliphatic rings. The molecular formula is C34H46N2O4S. The lowest BCUT2D eigenvalue weighted by Crippen LogP contribution is -2.59. The number of hydrogen-bond acceptors (Lipinski definition) is 5. The minimum atomic E-state index is -3.55. The topological polar surface area (TPSA) is 77.9 Å². The number of benzene rings is 2. The van der Waals surface area contributed by atoms with Crippen LogP contribution in [0.1, 0.15) is 71.6 Å². The van der Waals surface area contributed by atoms with Gasteiger partial charge in [0.1, 0.15) is 5.78 Å². The first-order valence-corrected chi connectivity index (χ1v) is 17.4. The van der Waals surface area contributed by atoms with Crippen molar-refractivity contribution in [2.24, 2.45) is 34.5 Å². The van der Waals surface area contributed by atoms with E-state index in [1.54, 1.807) is 16.4 Å². The van der Waals surface area contributed by atoms with Crippen LogP contribution >= 0.6 is 0 Å². The van der Waals surface area contributed by atoms with E-state index in [-0.39, 0.29) is 10.8 Å². The Balaban J connectivity index is 0.985. The fourth-order valence-corrected chi connectivity index (χ4v) is 11.7. The standard InChI is InChI=1S/C34H46N2O4S/c1-32-15-16-34(38,22-26(32)8-10-28-29-11-12-31(37)33(29,2)14-13-30(28)32)23-35-17-19-36(20-18-35)41(39,40)27-9-7-24-5-3-4-6-25(24)21-27/h3-7,9,21,26,28-30,38H,8,10-20,22-23H2,1-2H3/t26-,28-,29-,30-,32-,33-,34+/m0/s1. The number of sulfonamides is 1. The monoisotopic (exact) mass is 578 g/mol. The molecule has 0 spiro atoms. The van der Waals surface area contributed by atoms with E-state index in [1.165, 1.54) is 19.3 Å². The average molecular weight is 579 g/mol. The van der Waals surface area contributed by atoms with Gasteiger partial charge in [0, 0.05) is 44.6 Å². The second kappa shape index (κ2) is 9.87. The first-order valence-electron chi connectivity index (χ1n) is 16.0. The number of aliphatic hydroxyl groups is 1. The molecule has 1 heterocycles. The molecule has 0 radical (unpaired) electrons. The number of hydrogen-bond donors (Lipinski definition) is 1. The molecule has 1 aliphatic heterocycles. The molecule has 0 unspecified atom stereocenters. The lowest BCUT2D eigenvalue weighted by Gasteiger charge is -2.61. The Labute approximate surface area is 245 Å². The van der Waals surface area contributed by atoms with Gasteiger partial charge in [0.05, 0.1) is 10.5 Å². The molecular weight excluding hydrogens is 532 g/mol. The maximum absolute atomic E-state index is 13.4. The molecule has 4 aliphatic carbocycles. The van der Waals surface area contributed by atoms with E-state index in [1.807, 2.05) is 30.3 Å². The summed E-state index contributed by atoms with van der Waals surface area (Å²) in [4.78, 5) is 15.4. The van der Waals surface area contributed by atoms with Gasteiger partial charge in [-0.15, -0.1) is 0 Å². The number of fused-ring (bicyclic) bond motifs is 6. The molecule has 2 aromatic carbocycles.